The lowest BCUT2D eigenvalue weighted by Crippen LogP contribution is -2.35. The Balaban J connectivity index is 2.11. The van der Waals surface area contributed by atoms with Gasteiger partial charge in [0.1, 0.15) is 17.9 Å². The molecule has 1 aromatic carbocycles. The van der Waals surface area contributed by atoms with Gasteiger partial charge in [0.05, 0.1) is 12.6 Å². The van der Waals surface area contributed by atoms with Gasteiger partial charge < -0.3 is 19.7 Å². The van der Waals surface area contributed by atoms with Crippen molar-refractivity contribution in [3.63, 3.8) is 0 Å². The number of pyridine rings is 1. The first-order valence-corrected chi connectivity index (χ1v) is 8.98. The first-order chi connectivity index (χ1) is 12.8. The van der Waals surface area contributed by atoms with Crippen LogP contribution in [0, 0.1) is 6.92 Å². The molecule has 3 rings (SSSR count). The van der Waals surface area contributed by atoms with E-state index in [0.29, 0.717) is 10.9 Å². The number of fused-ring (bicyclic) bond motifs is 1. The fourth-order valence-corrected chi connectivity index (χ4v) is 3.78. The van der Waals surface area contributed by atoms with Crippen LogP contribution >= 0.6 is 11.3 Å². The molecule has 0 unspecified atom stereocenters. The molecule has 0 aliphatic rings. The number of hydrogen-bond acceptors (Lipinski definition) is 6. The summed E-state index contributed by atoms with van der Waals surface area (Å²) in [6.07, 6.45) is 0. The van der Waals surface area contributed by atoms with Crippen LogP contribution in [0.2, 0.25) is 0 Å². The number of esters is 1. The molecule has 0 fully saturated rings. The van der Waals surface area contributed by atoms with Crippen molar-refractivity contribution in [1.29, 1.82) is 0 Å². The summed E-state index contributed by atoms with van der Waals surface area (Å²) < 4.78 is 5.76. The SMILES string of the molecule is COC(=O)CNC(=O)c1c(O)c2ccc(-c3sccc3C)cc2n(C)c1=O. The first-order valence-electron chi connectivity index (χ1n) is 8.10. The number of carbonyl (C=O) groups excluding carboxylic acids is 2. The summed E-state index contributed by atoms with van der Waals surface area (Å²) in [6.45, 7) is 1.60. The number of aromatic hydroxyl groups is 1. The van der Waals surface area contributed by atoms with Crippen LogP contribution in [-0.2, 0) is 16.6 Å². The number of aryl methyl sites for hydroxylation is 2. The molecule has 8 heteroatoms. The van der Waals surface area contributed by atoms with Gasteiger partial charge in [0.25, 0.3) is 11.5 Å². The minimum Gasteiger partial charge on any atom is -0.506 e. The van der Waals surface area contributed by atoms with Crippen LogP contribution in [0.25, 0.3) is 21.3 Å². The lowest BCUT2D eigenvalue weighted by Gasteiger charge is -2.13. The molecule has 0 aliphatic heterocycles. The average Bonchev–Trinajstić information content (AvgIpc) is 3.09. The van der Waals surface area contributed by atoms with Crippen molar-refractivity contribution in [2.45, 2.75) is 6.92 Å². The van der Waals surface area contributed by atoms with Gasteiger partial charge >= 0.3 is 5.97 Å². The zero-order valence-electron chi connectivity index (χ0n) is 15.0. The number of carbonyl (C=O) groups is 2. The number of amides is 1. The van der Waals surface area contributed by atoms with Gasteiger partial charge in [0.15, 0.2) is 0 Å². The Hall–Kier alpha value is -3.13. The van der Waals surface area contributed by atoms with Gasteiger partial charge in [-0.3, -0.25) is 14.4 Å². The predicted molar refractivity (Wildman–Crippen MR) is 103 cm³/mol. The summed E-state index contributed by atoms with van der Waals surface area (Å²) in [5, 5.41) is 15.2. The topological polar surface area (TPSA) is 97.6 Å². The Morgan fingerprint density at radius 3 is 2.67 bits per heavy atom. The molecule has 27 heavy (non-hydrogen) atoms. The highest BCUT2D eigenvalue weighted by molar-refractivity contribution is 7.13. The van der Waals surface area contributed by atoms with Crippen LogP contribution in [0.1, 0.15) is 15.9 Å². The summed E-state index contributed by atoms with van der Waals surface area (Å²) in [7, 11) is 2.72. The number of hydrogen-bond donors (Lipinski definition) is 2. The van der Waals surface area contributed by atoms with E-state index in [4.69, 9.17) is 0 Å². The maximum Gasteiger partial charge on any atom is 0.325 e. The van der Waals surface area contributed by atoms with Gasteiger partial charge in [-0.05, 0) is 41.6 Å². The molecule has 2 aromatic heterocycles. The van der Waals surface area contributed by atoms with Crippen LogP contribution in [0.5, 0.6) is 5.75 Å². The molecule has 0 bridgehead atoms. The number of ether oxygens (including phenoxy) is 1. The Morgan fingerprint density at radius 2 is 2.04 bits per heavy atom. The highest BCUT2D eigenvalue weighted by Gasteiger charge is 2.22. The van der Waals surface area contributed by atoms with Crippen LogP contribution in [0.15, 0.2) is 34.4 Å². The monoisotopic (exact) mass is 386 g/mol. The molecule has 0 spiro atoms. The van der Waals surface area contributed by atoms with Crippen molar-refractivity contribution in [2.24, 2.45) is 7.05 Å². The summed E-state index contributed by atoms with van der Waals surface area (Å²) >= 11 is 1.59. The van der Waals surface area contributed by atoms with Crippen molar-refractivity contribution in [2.75, 3.05) is 13.7 Å². The molecule has 140 valence electrons. The Bertz CT molecular complexity index is 1110. The molecule has 2 N–H and O–H groups in total. The maximum absolute atomic E-state index is 12.7. The largest absolute Gasteiger partial charge is 0.506 e. The molecule has 0 radical (unpaired) electrons. The van der Waals surface area contributed by atoms with E-state index >= 15 is 0 Å². The van der Waals surface area contributed by atoms with Gasteiger partial charge in [-0.2, -0.15) is 0 Å². The number of nitrogens with one attached hydrogen (secondary N) is 1. The summed E-state index contributed by atoms with van der Waals surface area (Å²) in [5.74, 6) is -1.90. The fraction of sp³-hybridized carbons (Fsp3) is 0.211. The highest BCUT2D eigenvalue weighted by atomic mass is 32.1. The quantitative estimate of drug-likeness (QED) is 0.670. The fourth-order valence-electron chi connectivity index (χ4n) is 2.85. The number of benzene rings is 1. The van der Waals surface area contributed by atoms with Crippen LogP contribution in [0.3, 0.4) is 0 Å². The molecule has 7 nitrogen and oxygen atoms in total. The van der Waals surface area contributed by atoms with Gasteiger partial charge in [-0.25, -0.2) is 0 Å². The van der Waals surface area contributed by atoms with E-state index in [2.05, 4.69) is 10.1 Å². The number of rotatable bonds is 4. The zero-order valence-corrected chi connectivity index (χ0v) is 15.8. The van der Waals surface area contributed by atoms with Crippen LogP contribution < -0.4 is 10.9 Å². The predicted octanol–water partition coefficient (Wildman–Crippen LogP) is 2.18. The normalized spacial score (nSPS) is 10.8. The van der Waals surface area contributed by atoms with Gasteiger partial charge in [-0.1, -0.05) is 6.07 Å². The van der Waals surface area contributed by atoms with E-state index < -0.39 is 35.3 Å². The smallest absolute Gasteiger partial charge is 0.325 e. The number of nitrogens with zero attached hydrogens (tertiary/aromatic N) is 1. The molecule has 0 aliphatic carbocycles. The maximum atomic E-state index is 12.7. The molecule has 2 heterocycles. The Labute approximate surface area is 158 Å². The summed E-state index contributed by atoms with van der Waals surface area (Å²) in [6, 6.07) is 7.33. The highest BCUT2D eigenvalue weighted by Crippen LogP contribution is 2.33. The van der Waals surface area contributed by atoms with Gasteiger partial charge in [0.2, 0.25) is 0 Å². The van der Waals surface area contributed by atoms with Crippen molar-refractivity contribution in [3.8, 4) is 16.2 Å². The third-order valence-corrected chi connectivity index (χ3v) is 5.41. The minimum atomic E-state index is -0.835. The third kappa shape index (κ3) is 3.31. The molecular formula is C19H18N2O5S. The Morgan fingerprint density at radius 1 is 1.30 bits per heavy atom. The standard InChI is InChI=1S/C19H18N2O5S/c1-10-6-7-27-17(10)11-4-5-12-13(8-11)21(2)19(25)15(16(12)23)18(24)20-9-14(22)26-3/h4-8,23H,9H2,1-3H3,(H,20,24). The Kier molecular flexibility index (Phi) is 5.00. The van der Waals surface area contributed by atoms with Crippen molar-refractivity contribution in [3.05, 3.63) is 51.1 Å². The number of methoxy groups -OCH3 is 1. The lowest BCUT2D eigenvalue weighted by molar-refractivity contribution is -0.139. The zero-order chi connectivity index (χ0) is 19.7. The minimum absolute atomic E-state index is 0.373. The summed E-state index contributed by atoms with van der Waals surface area (Å²) in [5.41, 5.74) is 1.49. The lowest BCUT2D eigenvalue weighted by atomic mass is 10.0. The molecule has 0 saturated carbocycles. The van der Waals surface area contributed by atoms with Crippen LogP contribution in [-0.4, -0.2) is 35.2 Å². The molecule has 3 aromatic rings. The van der Waals surface area contributed by atoms with Gasteiger partial charge in [0, 0.05) is 17.3 Å². The van der Waals surface area contributed by atoms with E-state index in [-0.39, 0.29) is 0 Å². The number of thiophene rings is 1. The van der Waals surface area contributed by atoms with Crippen molar-refractivity contribution < 1.29 is 19.4 Å². The molecular weight excluding hydrogens is 368 g/mol. The third-order valence-electron chi connectivity index (χ3n) is 4.34. The van der Waals surface area contributed by atoms with E-state index in [0.717, 1.165) is 16.0 Å². The van der Waals surface area contributed by atoms with Crippen molar-refractivity contribution >= 4 is 34.1 Å². The van der Waals surface area contributed by atoms with E-state index in [9.17, 15) is 19.5 Å². The molecule has 0 atom stereocenters. The number of aromatic nitrogens is 1. The molecule has 0 saturated heterocycles. The second-order valence-corrected chi connectivity index (χ2v) is 6.93. The molecule has 1 amide bonds. The summed E-state index contributed by atoms with van der Waals surface area (Å²) in [4.78, 5) is 37.2. The van der Waals surface area contributed by atoms with Crippen LogP contribution in [0.4, 0.5) is 0 Å². The average molecular weight is 386 g/mol. The van der Waals surface area contributed by atoms with E-state index in [1.807, 2.05) is 30.5 Å². The second kappa shape index (κ2) is 7.24. The van der Waals surface area contributed by atoms with Crippen molar-refractivity contribution in [1.82, 2.24) is 9.88 Å². The van der Waals surface area contributed by atoms with E-state index in [1.165, 1.54) is 18.7 Å². The first kappa shape index (κ1) is 18.7. The second-order valence-electron chi connectivity index (χ2n) is 6.01. The van der Waals surface area contributed by atoms with Gasteiger partial charge in [-0.15, -0.1) is 11.3 Å². The van der Waals surface area contributed by atoms with E-state index in [1.54, 1.807) is 17.4 Å².